The number of morpholine rings is 1. The van der Waals surface area contributed by atoms with Gasteiger partial charge in [-0.2, -0.15) is 5.10 Å². The van der Waals surface area contributed by atoms with E-state index in [-0.39, 0.29) is 0 Å². The van der Waals surface area contributed by atoms with Crippen molar-refractivity contribution in [1.82, 2.24) is 19.5 Å². The number of hydrogen-bond acceptors (Lipinski definition) is 6. The third-order valence-corrected chi connectivity index (χ3v) is 6.23. The molecule has 30 heavy (non-hydrogen) atoms. The van der Waals surface area contributed by atoms with Crippen molar-refractivity contribution in [2.45, 2.75) is 25.3 Å². The summed E-state index contributed by atoms with van der Waals surface area (Å²) in [5, 5.41) is 4.84. The molecule has 0 spiro atoms. The molecule has 7 heteroatoms. The summed E-state index contributed by atoms with van der Waals surface area (Å²) in [4.78, 5) is 9.69. The molecule has 2 fully saturated rings. The van der Waals surface area contributed by atoms with E-state index in [4.69, 9.17) is 19.6 Å². The topological polar surface area (TPSA) is 55.1 Å². The Labute approximate surface area is 177 Å². The molecule has 2 aromatic heterocycles. The minimum absolute atomic E-state index is 0.434. The Bertz CT molecular complexity index is 973. The number of benzene rings is 1. The van der Waals surface area contributed by atoms with Crippen molar-refractivity contribution in [2.24, 2.45) is 0 Å². The largest absolute Gasteiger partial charge is 0.497 e. The van der Waals surface area contributed by atoms with E-state index in [1.807, 2.05) is 16.6 Å². The predicted molar refractivity (Wildman–Crippen MR) is 116 cm³/mol. The lowest BCUT2D eigenvalue weighted by atomic mass is 9.96. The maximum atomic E-state index is 5.46. The zero-order valence-electron chi connectivity index (χ0n) is 17.5. The molecule has 0 radical (unpaired) electrons. The summed E-state index contributed by atoms with van der Waals surface area (Å²) >= 11 is 0. The van der Waals surface area contributed by atoms with Crippen LogP contribution in [-0.4, -0.2) is 66.0 Å². The normalized spacial score (nSPS) is 18.8. The van der Waals surface area contributed by atoms with Gasteiger partial charge in [0.15, 0.2) is 11.5 Å². The lowest BCUT2D eigenvalue weighted by Gasteiger charge is -2.30. The summed E-state index contributed by atoms with van der Waals surface area (Å²) in [6, 6.07) is 12.6. The Morgan fingerprint density at radius 3 is 2.50 bits per heavy atom. The van der Waals surface area contributed by atoms with Crippen molar-refractivity contribution in [3.05, 3.63) is 54.0 Å². The molecule has 0 saturated carbocycles. The molecule has 2 aliphatic rings. The predicted octanol–water partition coefficient (Wildman–Crippen LogP) is 2.95. The summed E-state index contributed by atoms with van der Waals surface area (Å²) in [5.74, 6) is 2.33. The van der Waals surface area contributed by atoms with E-state index in [2.05, 4.69) is 40.3 Å². The number of rotatable bonds is 5. The molecule has 2 saturated heterocycles. The van der Waals surface area contributed by atoms with Crippen molar-refractivity contribution in [1.29, 1.82) is 0 Å². The number of nitrogens with zero attached hydrogens (tertiary/aromatic N) is 5. The Kier molecular flexibility index (Phi) is 5.55. The molecular formula is C23H29N5O2. The SMILES string of the molecule is COc1ccc(CN2CCC(c3nc4ccc(N5CCOCC5)cn4n3)CC2)cc1. The van der Waals surface area contributed by atoms with E-state index < -0.39 is 0 Å². The smallest absolute Gasteiger partial charge is 0.155 e. The van der Waals surface area contributed by atoms with Crippen LogP contribution in [0, 0.1) is 0 Å². The zero-order chi connectivity index (χ0) is 20.3. The number of hydrogen-bond donors (Lipinski definition) is 0. The van der Waals surface area contributed by atoms with Gasteiger partial charge >= 0.3 is 0 Å². The third-order valence-electron chi connectivity index (χ3n) is 6.23. The van der Waals surface area contributed by atoms with E-state index in [1.165, 1.54) is 11.3 Å². The highest BCUT2D eigenvalue weighted by Gasteiger charge is 2.24. The minimum atomic E-state index is 0.434. The Morgan fingerprint density at radius 1 is 1.00 bits per heavy atom. The fourth-order valence-corrected chi connectivity index (χ4v) is 4.41. The molecule has 0 N–H and O–H groups in total. The Hall–Kier alpha value is -2.64. The lowest BCUT2D eigenvalue weighted by molar-refractivity contribution is 0.122. The molecule has 2 aliphatic heterocycles. The van der Waals surface area contributed by atoms with Gasteiger partial charge in [0.05, 0.1) is 32.2 Å². The number of methoxy groups -OCH3 is 1. The van der Waals surface area contributed by atoms with Crippen LogP contribution in [0.3, 0.4) is 0 Å². The maximum absolute atomic E-state index is 5.46. The molecule has 0 unspecified atom stereocenters. The summed E-state index contributed by atoms with van der Waals surface area (Å²) in [6.45, 7) is 6.57. The van der Waals surface area contributed by atoms with E-state index in [9.17, 15) is 0 Å². The van der Waals surface area contributed by atoms with Gasteiger partial charge in [-0.1, -0.05) is 12.1 Å². The van der Waals surface area contributed by atoms with Gasteiger partial charge in [0.25, 0.3) is 0 Å². The summed E-state index contributed by atoms with van der Waals surface area (Å²) in [5.41, 5.74) is 3.45. The molecule has 4 heterocycles. The average molecular weight is 408 g/mol. The van der Waals surface area contributed by atoms with E-state index >= 15 is 0 Å². The van der Waals surface area contributed by atoms with Gasteiger partial charge in [-0.15, -0.1) is 0 Å². The Balaban J connectivity index is 1.22. The monoisotopic (exact) mass is 407 g/mol. The van der Waals surface area contributed by atoms with Crippen molar-refractivity contribution in [2.75, 3.05) is 51.4 Å². The second-order valence-corrected chi connectivity index (χ2v) is 8.16. The van der Waals surface area contributed by atoms with Crippen LogP contribution in [0.15, 0.2) is 42.6 Å². The number of ether oxygens (including phenoxy) is 2. The van der Waals surface area contributed by atoms with Crippen LogP contribution < -0.4 is 9.64 Å². The second-order valence-electron chi connectivity index (χ2n) is 8.16. The van der Waals surface area contributed by atoms with Crippen LogP contribution in [0.4, 0.5) is 5.69 Å². The third kappa shape index (κ3) is 4.13. The number of fused-ring (bicyclic) bond motifs is 1. The first kappa shape index (κ1) is 19.3. The minimum Gasteiger partial charge on any atom is -0.497 e. The van der Waals surface area contributed by atoms with Crippen LogP contribution in [-0.2, 0) is 11.3 Å². The molecular weight excluding hydrogens is 378 g/mol. The fraction of sp³-hybridized carbons (Fsp3) is 0.478. The van der Waals surface area contributed by atoms with Gasteiger partial charge in [-0.25, -0.2) is 9.50 Å². The number of piperidine rings is 1. The molecule has 1 aromatic carbocycles. The highest BCUT2D eigenvalue weighted by Crippen LogP contribution is 2.28. The lowest BCUT2D eigenvalue weighted by Crippen LogP contribution is -2.36. The molecule has 5 rings (SSSR count). The molecule has 158 valence electrons. The van der Waals surface area contributed by atoms with Crippen molar-refractivity contribution in [3.63, 3.8) is 0 Å². The molecule has 3 aromatic rings. The fourth-order valence-electron chi connectivity index (χ4n) is 4.41. The number of pyridine rings is 1. The number of likely N-dealkylation sites (tertiary alicyclic amines) is 1. The first-order valence-corrected chi connectivity index (χ1v) is 10.8. The second kappa shape index (κ2) is 8.62. The zero-order valence-corrected chi connectivity index (χ0v) is 17.5. The van der Waals surface area contributed by atoms with E-state index in [0.29, 0.717) is 5.92 Å². The van der Waals surface area contributed by atoms with Gasteiger partial charge in [0, 0.05) is 25.6 Å². The van der Waals surface area contributed by atoms with E-state index in [1.54, 1.807) is 7.11 Å². The van der Waals surface area contributed by atoms with Crippen LogP contribution in [0.1, 0.15) is 30.1 Å². The summed E-state index contributed by atoms with van der Waals surface area (Å²) in [6.07, 6.45) is 4.31. The summed E-state index contributed by atoms with van der Waals surface area (Å²) < 4.78 is 12.7. The standard InChI is InChI=1S/C23H29N5O2/c1-29-21-5-2-18(3-6-21)16-26-10-8-19(9-11-26)23-24-22-7-4-20(17-28(22)25-23)27-12-14-30-15-13-27/h2-7,17,19H,8-16H2,1H3. The van der Waals surface area contributed by atoms with Gasteiger partial charge in [0.1, 0.15) is 5.75 Å². The van der Waals surface area contributed by atoms with Gasteiger partial charge in [0.2, 0.25) is 0 Å². The molecule has 7 nitrogen and oxygen atoms in total. The Morgan fingerprint density at radius 2 is 1.77 bits per heavy atom. The van der Waals surface area contributed by atoms with Crippen molar-refractivity contribution >= 4 is 11.3 Å². The van der Waals surface area contributed by atoms with Crippen molar-refractivity contribution in [3.8, 4) is 5.75 Å². The van der Waals surface area contributed by atoms with Crippen LogP contribution in [0.5, 0.6) is 5.75 Å². The summed E-state index contributed by atoms with van der Waals surface area (Å²) in [7, 11) is 1.70. The van der Waals surface area contributed by atoms with Crippen molar-refractivity contribution < 1.29 is 9.47 Å². The van der Waals surface area contributed by atoms with Crippen LogP contribution >= 0.6 is 0 Å². The van der Waals surface area contributed by atoms with Gasteiger partial charge < -0.3 is 14.4 Å². The highest BCUT2D eigenvalue weighted by atomic mass is 16.5. The molecule has 0 atom stereocenters. The molecule has 0 amide bonds. The first-order valence-electron chi connectivity index (χ1n) is 10.8. The maximum Gasteiger partial charge on any atom is 0.155 e. The van der Waals surface area contributed by atoms with E-state index in [0.717, 1.165) is 76.0 Å². The van der Waals surface area contributed by atoms with Gasteiger partial charge in [-0.05, 0) is 55.8 Å². The number of anilines is 1. The number of aromatic nitrogens is 3. The molecule has 0 bridgehead atoms. The van der Waals surface area contributed by atoms with Gasteiger partial charge in [-0.3, -0.25) is 4.90 Å². The quantitative estimate of drug-likeness (QED) is 0.648. The first-order chi connectivity index (χ1) is 14.8. The average Bonchev–Trinajstić information content (AvgIpc) is 3.24. The van der Waals surface area contributed by atoms with Crippen LogP contribution in [0.25, 0.3) is 5.65 Å². The molecule has 0 aliphatic carbocycles. The van der Waals surface area contributed by atoms with Crippen LogP contribution in [0.2, 0.25) is 0 Å². The highest BCUT2D eigenvalue weighted by molar-refractivity contribution is 5.51.